The number of aryl methyl sites for hydroxylation is 1. The summed E-state index contributed by atoms with van der Waals surface area (Å²) in [6, 6.07) is 4.70. The van der Waals surface area contributed by atoms with E-state index in [-0.39, 0.29) is 22.8 Å². The number of benzene rings is 1. The Morgan fingerprint density at radius 3 is 2.50 bits per heavy atom. The first kappa shape index (κ1) is 19.7. The molecule has 0 fully saturated rings. The Hall–Kier alpha value is -3.01. The third kappa shape index (κ3) is 3.96. The highest BCUT2D eigenvalue weighted by molar-refractivity contribution is 7.18. The second-order valence-electron chi connectivity index (χ2n) is 5.56. The SMILES string of the molecule is CCc1cc2c(=O)n(/N=C\c3cc(OC)c(OC(F)F)c(OC)c3)cnc2s1. The van der Waals surface area contributed by atoms with Gasteiger partial charge in [0.25, 0.3) is 5.56 Å². The number of hydrogen-bond donors (Lipinski definition) is 0. The highest BCUT2D eigenvalue weighted by Crippen LogP contribution is 2.39. The van der Waals surface area contributed by atoms with Crippen LogP contribution in [0, 0.1) is 0 Å². The van der Waals surface area contributed by atoms with Crippen LogP contribution in [0.1, 0.15) is 17.4 Å². The Morgan fingerprint density at radius 2 is 1.93 bits per heavy atom. The van der Waals surface area contributed by atoms with Crippen molar-refractivity contribution in [3.63, 3.8) is 0 Å². The fraction of sp³-hybridized carbons (Fsp3) is 0.278. The smallest absolute Gasteiger partial charge is 0.387 e. The van der Waals surface area contributed by atoms with Gasteiger partial charge in [-0.3, -0.25) is 4.79 Å². The van der Waals surface area contributed by atoms with Crippen LogP contribution in [0.3, 0.4) is 0 Å². The van der Waals surface area contributed by atoms with E-state index < -0.39 is 6.61 Å². The summed E-state index contributed by atoms with van der Waals surface area (Å²) in [6.07, 6.45) is 3.52. The molecule has 0 atom stereocenters. The molecular formula is C18H17F2N3O4S. The third-order valence-corrected chi connectivity index (χ3v) is 5.04. The van der Waals surface area contributed by atoms with Gasteiger partial charge in [0.1, 0.15) is 11.2 Å². The fourth-order valence-electron chi connectivity index (χ4n) is 2.53. The standard InChI is InChI=1S/C18H17F2N3O4S/c1-4-11-7-12-16(28-11)21-9-23(17(12)24)22-8-10-5-13(25-2)15(27-18(19)20)14(6-10)26-3/h5-9,18H,4H2,1-3H3/b22-8-. The molecule has 0 bridgehead atoms. The van der Waals surface area contributed by atoms with Crippen molar-refractivity contribution >= 4 is 27.8 Å². The molecule has 28 heavy (non-hydrogen) atoms. The van der Waals surface area contributed by atoms with Crippen molar-refractivity contribution in [3.8, 4) is 17.2 Å². The van der Waals surface area contributed by atoms with Crippen LogP contribution < -0.4 is 19.8 Å². The summed E-state index contributed by atoms with van der Waals surface area (Å²) in [7, 11) is 2.64. The molecule has 7 nitrogen and oxygen atoms in total. The first-order valence-electron chi connectivity index (χ1n) is 8.22. The topological polar surface area (TPSA) is 74.9 Å². The van der Waals surface area contributed by atoms with Crippen molar-refractivity contribution in [1.82, 2.24) is 9.66 Å². The van der Waals surface area contributed by atoms with Crippen molar-refractivity contribution in [2.45, 2.75) is 20.0 Å². The second-order valence-corrected chi connectivity index (χ2v) is 6.67. The van der Waals surface area contributed by atoms with E-state index in [4.69, 9.17) is 9.47 Å². The van der Waals surface area contributed by atoms with Gasteiger partial charge in [0, 0.05) is 10.4 Å². The summed E-state index contributed by atoms with van der Waals surface area (Å²) in [5, 5.41) is 4.62. The number of fused-ring (bicyclic) bond motifs is 1. The van der Waals surface area contributed by atoms with Crippen LogP contribution in [-0.2, 0) is 6.42 Å². The maximum atomic E-state index is 12.6. The molecule has 148 valence electrons. The van der Waals surface area contributed by atoms with Crippen LogP contribution in [0.25, 0.3) is 10.2 Å². The Morgan fingerprint density at radius 1 is 1.25 bits per heavy atom. The van der Waals surface area contributed by atoms with Crippen LogP contribution in [0.5, 0.6) is 17.2 Å². The molecule has 0 spiro atoms. The van der Waals surface area contributed by atoms with Gasteiger partial charge in [-0.25, -0.2) is 4.98 Å². The minimum Gasteiger partial charge on any atom is -0.493 e. The second kappa shape index (κ2) is 8.34. The van der Waals surface area contributed by atoms with E-state index in [1.165, 1.54) is 50.2 Å². The molecule has 0 saturated carbocycles. The molecule has 0 radical (unpaired) electrons. The van der Waals surface area contributed by atoms with E-state index in [9.17, 15) is 13.6 Å². The molecular weight excluding hydrogens is 392 g/mol. The van der Waals surface area contributed by atoms with E-state index in [0.29, 0.717) is 15.8 Å². The van der Waals surface area contributed by atoms with Crippen LogP contribution >= 0.6 is 11.3 Å². The monoisotopic (exact) mass is 409 g/mol. The van der Waals surface area contributed by atoms with Gasteiger partial charge < -0.3 is 14.2 Å². The fourth-order valence-corrected chi connectivity index (χ4v) is 3.45. The van der Waals surface area contributed by atoms with Gasteiger partial charge in [0.15, 0.2) is 11.5 Å². The van der Waals surface area contributed by atoms with Crippen molar-refractivity contribution in [3.05, 3.63) is 45.3 Å². The molecule has 2 aromatic heterocycles. The number of nitrogens with zero attached hydrogens (tertiary/aromatic N) is 3. The van der Waals surface area contributed by atoms with Crippen LogP contribution in [0.15, 0.2) is 34.4 Å². The molecule has 3 rings (SSSR count). The summed E-state index contributed by atoms with van der Waals surface area (Å²) < 4.78 is 41.0. The van der Waals surface area contributed by atoms with E-state index in [1.807, 2.05) is 13.0 Å². The van der Waals surface area contributed by atoms with Gasteiger partial charge in [-0.05, 0) is 24.6 Å². The number of halogens is 2. The Balaban J connectivity index is 1.99. The molecule has 0 N–H and O–H groups in total. The number of alkyl halides is 2. The summed E-state index contributed by atoms with van der Waals surface area (Å²) in [4.78, 5) is 18.5. The maximum Gasteiger partial charge on any atom is 0.387 e. The third-order valence-electron chi connectivity index (χ3n) is 3.86. The molecule has 0 aliphatic carbocycles. The zero-order valence-electron chi connectivity index (χ0n) is 15.3. The molecule has 10 heteroatoms. The first-order chi connectivity index (χ1) is 13.5. The number of ether oxygens (including phenoxy) is 3. The summed E-state index contributed by atoms with van der Waals surface area (Å²) in [6.45, 7) is -1.03. The lowest BCUT2D eigenvalue weighted by Gasteiger charge is -2.14. The number of rotatable bonds is 7. The summed E-state index contributed by atoms with van der Waals surface area (Å²) in [5.74, 6) is -0.123. The predicted octanol–water partition coefficient (Wildman–Crippen LogP) is 3.52. The average Bonchev–Trinajstić information content (AvgIpc) is 3.12. The first-order valence-corrected chi connectivity index (χ1v) is 9.03. The van der Waals surface area contributed by atoms with Crippen LogP contribution in [-0.4, -0.2) is 36.7 Å². The highest BCUT2D eigenvalue weighted by atomic mass is 32.1. The number of hydrogen-bond acceptors (Lipinski definition) is 7. The number of methoxy groups -OCH3 is 2. The predicted molar refractivity (Wildman–Crippen MR) is 102 cm³/mol. The minimum atomic E-state index is -3.03. The van der Waals surface area contributed by atoms with Crippen molar-refractivity contribution in [2.24, 2.45) is 5.10 Å². The molecule has 0 aliphatic rings. The molecule has 0 aliphatic heterocycles. The quantitative estimate of drug-likeness (QED) is 0.558. The Labute approximate surface area is 162 Å². The van der Waals surface area contributed by atoms with Gasteiger partial charge in [0.2, 0.25) is 5.75 Å². The summed E-state index contributed by atoms with van der Waals surface area (Å²) in [5.41, 5.74) is 0.163. The van der Waals surface area contributed by atoms with Gasteiger partial charge >= 0.3 is 6.61 Å². The van der Waals surface area contributed by atoms with Gasteiger partial charge in [-0.2, -0.15) is 18.6 Å². The molecule has 3 aromatic rings. The van der Waals surface area contributed by atoms with Gasteiger partial charge in [-0.15, -0.1) is 11.3 Å². The maximum absolute atomic E-state index is 12.6. The molecule has 0 saturated heterocycles. The largest absolute Gasteiger partial charge is 0.493 e. The molecule has 1 aromatic carbocycles. The molecule has 0 amide bonds. The van der Waals surface area contributed by atoms with Crippen LogP contribution in [0.2, 0.25) is 0 Å². The normalized spacial score (nSPS) is 11.5. The van der Waals surface area contributed by atoms with Crippen molar-refractivity contribution < 1.29 is 23.0 Å². The average molecular weight is 409 g/mol. The van der Waals surface area contributed by atoms with Crippen LogP contribution in [0.4, 0.5) is 8.78 Å². The van der Waals surface area contributed by atoms with E-state index in [0.717, 1.165) is 16.0 Å². The van der Waals surface area contributed by atoms with E-state index >= 15 is 0 Å². The van der Waals surface area contributed by atoms with E-state index in [1.54, 1.807) is 0 Å². The molecule has 0 unspecified atom stereocenters. The van der Waals surface area contributed by atoms with Crippen molar-refractivity contribution in [1.29, 1.82) is 0 Å². The van der Waals surface area contributed by atoms with Gasteiger partial charge in [-0.1, -0.05) is 6.92 Å². The number of thiophene rings is 1. The molecule has 2 heterocycles. The zero-order valence-corrected chi connectivity index (χ0v) is 16.1. The highest BCUT2D eigenvalue weighted by Gasteiger charge is 2.17. The lowest BCUT2D eigenvalue weighted by Crippen LogP contribution is -2.16. The van der Waals surface area contributed by atoms with Gasteiger partial charge in [0.05, 0.1) is 25.8 Å². The summed E-state index contributed by atoms with van der Waals surface area (Å²) >= 11 is 1.47. The lowest BCUT2D eigenvalue weighted by molar-refractivity contribution is -0.0526. The minimum absolute atomic E-state index is 0.0486. The number of aromatic nitrogens is 2. The van der Waals surface area contributed by atoms with Crippen molar-refractivity contribution in [2.75, 3.05) is 14.2 Å². The lowest BCUT2D eigenvalue weighted by atomic mass is 10.2. The van der Waals surface area contributed by atoms with E-state index in [2.05, 4.69) is 14.8 Å². The Kier molecular flexibility index (Phi) is 5.88. The zero-order chi connectivity index (χ0) is 20.3. The Bertz CT molecular complexity index is 1050.